The normalized spacial score (nSPS) is 12.9. The molecule has 0 spiro atoms. The molecule has 2 N–H and O–H groups in total. The molecule has 0 bridgehead atoms. The van der Waals surface area contributed by atoms with Gasteiger partial charge >= 0.3 is 0 Å². The molecule has 4 nitrogen and oxygen atoms in total. The van der Waals surface area contributed by atoms with Crippen LogP contribution < -0.4 is 5.73 Å². The van der Waals surface area contributed by atoms with Crippen LogP contribution in [-0.4, -0.2) is 20.8 Å². The van der Waals surface area contributed by atoms with Gasteiger partial charge in [0, 0.05) is 29.7 Å². The number of aromatic nitrogens is 3. The maximum Gasteiger partial charge on any atom is 0.156 e. The van der Waals surface area contributed by atoms with Crippen LogP contribution in [0.3, 0.4) is 0 Å². The van der Waals surface area contributed by atoms with Crippen LogP contribution in [0.1, 0.15) is 23.9 Å². The van der Waals surface area contributed by atoms with Crippen molar-refractivity contribution in [2.24, 2.45) is 12.8 Å². The molecule has 1 atom stereocenters. The molecule has 2 rings (SSSR count). The molecule has 0 saturated heterocycles. The van der Waals surface area contributed by atoms with Crippen molar-refractivity contribution in [1.29, 1.82) is 0 Å². The van der Waals surface area contributed by atoms with Gasteiger partial charge in [-0.3, -0.25) is 4.68 Å². The molecule has 2 heterocycles. The van der Waals surface area contributed by atoms with Crippen molar-refractivity contribution in [3.8, 4) is 0 Å². The van der Waals surface area contributed by atoms with E-state index in [9.17, 15) is 0 Å². The standard InChI is InChI=1S/C12H18N4S2/c1-7(13)5-10-9(3)15-16(4)11(10)18-12-14-8(2)6-17-12/h6-7H,5,13H2,1-4H3. The minimum absolute atomic E-state index is 0.144. The van der Waals surface area contributed by atoms with E-state index in [1.54, 1.807) is 23.1 Å². The highest BCUT2D eigenvalue weighted by Gasteiger charge is 2.16. The van der Waals surface area contributed by atoms with Gasteiger partial charge < -0.3 is 5.73 Å². The first-order chi connectivity index (χ1) is 8.47. The van der Waals surface area contributed by atoms with Gasteiger partial charge in [-0.15, -0.1) is 11.3 Å². The van der Waals surface area contributed by atoms with Crippen molar-refractivity contribution in [2.75, 3.05) is 0 Å². The summed E-state index contributed by atoms with van der Waals surface area (Å²) in [6.07, 6.45) is 0.854. The highest BCUT2D eigenvalue weighted by Crippen LogP contribution is 2.33. The van der Waals surface area contributed by atoms with Crippen LogP contribution in [0.25, 0.3) is 0 Å². The Labute approximate surface area is 116 Å². The summed E-state index contributed by atoms with van der Waals surface area (Å²) in [5.74, 6) is 0. The first kappa shape index (κ1) is 13.6. The van der Waals surface area contributed by atoms with E-state index < -0.39 is 0 Å². The fourth-order valence-corrected chi connectivity index (χ4v) is 3.80. The first-order valence-corrected chi connectivity index (χ1v) is 7.55. The average molecular weight is 282 g/mol. The van der Waals surface area contributed by atoms with Gasteiger partial charge in [-0.2, -0.15) is 5.10 Å². The van der Waals surface area contributed by atoms with Gasteiger partial charge in [0.25, 0.3) is 0 Å². The third-order valence-corrected chi connectivity index (χ3v) is 4.86. The molecule has 2 aromatic heterocycles. The maximum atomic E-state index is 5.91. The summed E-state index contributed by atoms with van der Waals surface area (Å²) in [5.41, 5.74) is 9.28. The largest absolute Gasteiger partial charge is 0.328 e. The zero-order valence-corrected chi connectivity index (χ0v) is 12.7. The van der Waals surface area contributed by atoms with Crippen molar-refractivity contribution in [2.45, 2.75) is 42.6 Å². The Morgan fingerprint density at radius 2 is 2.22 bits per heavy atom. The smallest absolute Gasteiger partial charge is 0.156 e. The number of thiazole rings is 1. The highest BCUT2D eigenvalue weighted by atomic mass is 32.2. The molecule has 2 aromatic rings. The first-order valence-electron chi connectivity index (χ1n) is 5.85. The number of nitrogens with two attached hydrogens (primary N) is 1. The van der Waals surface area contributed by atoms with Crippen LogP contribution in [0.2, 0.25) is 0 Å². The van der Waals surface area contributed by atoms with E-state index in [2.05, 4.69) is 15.5 Å². The van der Waals surface area contributed by atoms with Crippen LogP contribution in [0.15, 0.2) is 14.7 Å². The van der Waals surface area contributed by atoms with Crippen molar-refractivity contribution in [3.63, 3.8) is 0 Å². The summed E-state index contributed by atoms with van der Waals surface area (Å²) >= 11 is 3.35. The highest BCUT2D eigenvalue weighted by molar-refractivity contribution is 8.01. The summed E-state index contributed by atoms with van der Waals surface area (Å²) < 4.78 is 2.98. The predicted molar refractivity (Wildman–Crippen MR) is 76.3 cm³/mol. The lowest BCUT2D eigenvalue weighted by Gasteiger charge is -2.07. The molecule has 1 unspecified atom stereocenters. The number of aryl methyl sites for hydroxylation is 3. The molecule has 0 saturated carbocycles. The van der Waals surface area contributed by atoms with E-state index in [-0.39, 0.29) is 6.04 Å². The minimum Gasteiger partial charge on any atom is -0.328 e. The average Bonchev–Trinajstić information content (AvgIpc) is 2.77. The molecule has 0 aromatic carbocycles. The lowest BCUT2D eigenvalue weighted by molar-refractivity contribution is 0.677. The zero-order chi connectivity index (χ0) is 13.3. The van der Waals surface area contributed by atoms with E-state index in [0.29, 0.717) is 0 Å². The van der Waals surface area contributed by atoms with Crippen LogP contribution in [0.4, 0.5) is 0 Å². The van der Waals surface area contributed by atoms with Crippen molar-refractivity contribution >= 4 is 23.1 Å². The predicted octanol–water partition coefficient (Wildman–Crippen LogP) is 2.53. The van der Waals surface area contributed by atoms with E-state index in [1.165, 1.54) is 5.56 Å². The molecule has 0 aliphatic heterocycles. The molecular formula is C12H18N4S2. The Hall–Kier alpha value is -0.850. The maximum absolute atomic E-state index is 5.91. The van der Waals surface area contributed by atoms with Gasteiger partial charge in [0.05, 0.1) is 5.69 Å². The van der Waals surface area contributed by atoms with Crippen molar-refractivity contribution in [3.05, 3.63) is 22.3 Å². The Kier molecular flexibility index (Phi) is 4.09. The second kappa shape index (κ2) is 5.42. The molecule has 0 aliphatic carbocycles. The lowest BCUT2D eigenvalue weighted by Crippen LogP contribution is -2.18. The van der Waals surface area contributed by atoms with Gasteiger partial charge in [0.2, 0.25) is 0 Å². The van der Waals surface area contributed by atoms with E-state index >= 15 is 0 Å². The lowest BCUT2D eigenvalue weighted by atomic mass is 10.1. The van der Waals surface area contributed by atoms with Crippen LogP contribution in [0, 0.1) is 13.8 Å². The molecule has 0 radical (unpaired) electrons. The molecule has 0 aliphatic rings. The second-order valence-electron chi connectivity index (χ2n) is 4.53. The SMILES string of the molecule is Cc1csc(Sc2c(CC(C)N)c(C)nn2C)n1. The number of rotatable bonds is 4. The molecule has 6 heteroatoms. The molecular weight excluding hydrogens is 264 g/mol. The summed E-state index contributed by atoms with van der Waals surface area (Å²) in [6, 6.07) is 0.144. The van der Waals surface area contributed by atoms with E-state index in [1.807, 2.05) is 32.5 Å². The molecule has 0 fully saturated rings. The Morgan fingerprint density at radius 3 is 2.78 bits per heavy atom. The number of nitrogens with zero attached hydrogens (tertiary/aromatic N) is 3. The third-order valence-electron chi connectivity index (χ3n) is 2.60. The summed E-state index contributed by atoms with van der Waals surface area (Å²) in [4.78, 5) is 4.49. The topological polar surface area (TPSA) is 56.7 Å². The number of hydrogen-bond acceptors (Lipinski definition) is 5. The monoisotopic (exact) mass is 282 g/mol. The Balaban J connectivity index is 2.31. The summed E-state index contributed by atoms with van der Waals surface area (Å²) in [7, 11) is 1.97. The second-order valence-corrected chi connectivity index (χ2v) is 6.63. The van der Waals surface area contributed by atoms with E-state index in [0.717, 1.165) is 27.2 Å². The van der Waals surface area contributed by atoms with Crippen LogP contribution >= 0.6 is 23.1 Å². The third kappa shape index (κ3) is 2.93. The van der Waals surface area contributed by atoms with Crippen molar-refractivity contribution in [1.82, 2.24) is 14.8 Å². The molecule has 18 heavy (non-hydrogen) atoms. The van der Waals surface area contributed by atoms with Gasteiger partial charge in [-0.05, 0) is 39.0 Å². The Bertz CT molecular complexity index is 542. The quantitative estimate of drug-likeness (QED) is 0.936. The van der Waals surface area contributed by atoms with Gasteiger partial charge in [-0.25, -0.2) is 4.98 Å². The number of hydrogen-bond donors (Lipinski definition) is 1. The summed E-state index contributed by atoms with van der Waals surface area (Å²) in [6.45, 7) is 6.07. The summed E-state index contributed by atoms with van der Waals surface area (Å²) in [5, 5.41) is 7.70. The fourth-order valence-electron chi connectivity index (χ4n) is 1.83. The zero-order valence-electron chi connectivity index (χ0n) is 11.1. The van der Waals surface area contributed by atoms with Crippen LogP contribution in [-0.2, 0) is 13.5 Å². The fraction of sp³-hybridized carbons (Fsp3) is 0.500. The van der Waals surface area contributed by atoms with Gasteiger partial charge in [0.15, 0.2) is 4.34 Å². The molecule has 98 valence electrons. The van der Waals surface area contributed by atoms with E-state index in [4.69, 9.17) is 5.73 Å². The van der Waals surface area contributed by atoms with Gasteiger partial charge in [-0.1, -0.05) is 0 Å². The van der Waals surface area contributed by atoms with Crippen molar-refractivity contribution < 1.29 is 0 Å². The van der Waals surface area contributed by atoms with Crippen LogP contribution in [0.5, 0.6) is 0 Å². The molecule has 0 amide bonds. The van der Waals surface area contributed by atoms with Gasteiger partial charge in [0.1, 0.15) is 5.03 Å². The minimum atomic E-state index is 0.144. The Morgan fingerprint density at radius 1 is 1.50 bits per heavy atom.